The van der Waals surface area contributed by atoms with Crippen LogP contribution in [0.3, 0.4) is 0 Å². The van der Waals surface area contributed by atoms with E-state index in [-0.39, 0.29) is 11.9 Å². The molecule has 0 aromatic carbocycles. The van der Waals surface area contributed by atoms with E-state index in [0.717, 1.165) is 12.8 Å². The van der Waals surface area contributed by atoms with Gasteiger partial charge in [0.1, 0.15) is 6.04 Å². The smallest absolute Gasteiger partial charge is 0.414 e. The molecule has 0 aromatic heterocycles. The van der Waals surface area contributed by atoms with Crippen LogP contribution in [0.5, 0.6) is 0 Å². The zero-order chi connectivity index (χ0) is 13.6. The largest absolute Gasteiger partial charge is 0.449 e. The number of hydrogen-bond donors (Lipinski definition) is 1. The van der Waals surface area contributed by atoms with Gasteiger partial charge in [-0.05, 0) is 6.42 Å². The van der Waals surface area contributed by atoms with E-state index in [1.165, 1.54) is 9.80 Å². The van der Waals surface area contributed by atoms with E-state index in [2.05, 4.69) is 5.32 Å². The van der Waals surface area contributed by atoms with E-state index in [1.807, 2.05) is 6.92 Å². The van der Waals surface area contributed by atoms with Crippen LogP contribution in [0.15, 0.2) is 11.9 Å². The van der Waals surface area contributed by atoms with Gasteiger partial charge in [0, 0.05) is 18.3 Å². The Morgan fingerprint density at radius 3 is 3.05 bits per heavy atom. The van der Waals surface area contributed by atoms with Crippen molar-refractivity contribution in [2.45, 2.75) is 38.3 Å². The van der Waals surface area contributed by atoms with Gasteiger partial charge in [0.15, 0.2) is 0 Å². The second-order valence-corrected chi connectivity index (χ2v) is 4.88. The number of nitrogens with zero attached hydrogens (tertiary/aromatic N) is 2. The fourth-order valence-corrected chi connectivity index (χ4v) is 2.75. The van der Waals surface area contributed by atoms with Gasteiger partial charge in [-0.15, -0.1) is 0 Å². The Morgan fingerprint density at radius 1 is 1.53 bits per heavy atom. The minimum Gasteiger partial charge on any atom is -0.449 e. The molecule has 2 atom stereocenters. The lowest BCUT2D eigenvalue weighted by molar-refractivity contribution is -0.122. The second kappa shape index (κ2) is 4.25. The summed E-state index contributed by atoms with van der Waals surface area (Å²) < 4.78 is 5.14. The Bertz CT molecular complexity index is 487. The topological polar surface area (TPSA) is 79.0 Å². The lowest BCUT2D eigenvalue weighted by atomic mass is 10.1. The molecule has 0 radical (unpaired) electrons. The molecule has 7 nitrogen and oxygen atoms in total. The predicted molar refractivity (Wildman–Crippen MR) is 63.7 cm³/mol. The number of rotatable bonds is 3. The molecule has 1 N–H and O–H groups in total. The van der Waals surface area contributed by atoms with Crippen molar-refractivity contribution in [3.05, 3.63) is 11.9 Å². The number of fused-ring (bicyclic) bond motifs is 5. The van der Waals surface area contributed by atoms with Crippen LogP contribution in [-0.4, -0.2) is 46.5 Å². The molecule has 19 heavy (non-hydrogen) atoms. The fraction of sp³-hybridized carbons (Fsp3) is 0.583. The summed E-state index contributed by atoms with van der Waals surface area (Å²) in [5.41, 5.74) is 0.700. The van der Waals surface area contributed by atoms with Crippen LogP contribution in [0.2, 0.25) is 0 Å². The van der Waals surface area contributed by atoms with Crippen molar-refractivity contribution in [2.75, 3.05) is 6.61 Å². The molecule has 7 heteroatoms. The molecule has 2 saturated heterocycles. The average molecular weight is 265 g/mol. The van der Waals surface area contributed by atoms with Gasteiger partial charge in [-0.1, -0.05) is 13.3 Å². The van der Waals surface area contributed by atoms with Crippen LogP contribution >= 0.6 is 0 Å². The van der Waals surface area contributed by atoms with Gasteiger partial charge in [-0.25, -0.2) is 9.59 Å². The van der Waals surface area contributed by atoms with Gasteiger partial charge in [-0.3, -0.25) is 19.9 Å². The molecule has 2 bridgehead atoms. The van der Waals surface area contributed by atoms with E-state index in [4.69, 9.17) is 4.74 Å². The first-order valence-electron chi connectivity index (χ1n) is 6.43. The number of ether oxygens (including phenoxy) is 1. The average Bonchev–Trinajstić information content (AvgIpc) is 3.02. The monoisotopic (exact) mass is 265 g/mol. The Morgan fingerprint density at radius 2 is 2.32 bits per heavy atom. The molecule has 4 amide bonds. The minimum absolute atomic E-state index is 0.324. The Hall–Kier alpha value is -2.05. The molecule has 2 fully saturated rings. The molecule has 0 spiro atoms. The number of carbonyl (C=O) groups is 3. The Labute approximate surface area is 110 Å². The number of carbonyl (C=O) groups excluding carboxylic acids is 3. The van der Waals surface area contributed by atoms with Gasteiger partial charge in [-0.2, -0.15) is 0 Å². The van der Waals surface area contributed by atoms with Crippen molar-refractivity contribution in [1.29, 1.82) is 0 Å². The van der Waals surface area contributed by atoms with Crippen molar-refractivity contribution >= 4 is 18.0 Å². The standard InChI is InChI=1S/C12H15N3O4/c1-2-3-4-19-12(18)14-6-7-5-8(14)9-10(16)13-11(17)15(7)9/h6,8-9H,2-5H2,1H3,(H,13,16,17). The maximum Gasteiger partial charge on any atom is 0.414 e. The lowest BCUT2D eigenvalue weighted by Gasteiger charge is -2.29. The molecule has 3 heterocycles. The quantitative estimate of drug-likeness (QED) is 0.604. The van der Waals surface area contributed by atoms with Crippen molar-refractivity contribution in [2.24, 2.45) is 0 Å². The summed E-state index contributed by atoms with van der Waals surface area (Å²) in [5, 5.41) is 2.26. The van der Waals surface area contributed by atoms with Crippen molar-refractivity contribution in [3.8, 4) is 0 Å². The first kappa shape index (κ1) is 12.0. The SMILES string of the molecule is CCCCOC(=O)N1C=C2CC1C1C(=O)NC(=O)N21. The normalized spacial score (nSPS) is 27.5. The highest BCUT2D eigenvalue weighted by atomic mass is 16.6. The first-order valence-corrected chi connectivity index (χ1v) is 6.43. The van der Waals surface area contributed by atoms with Gasteiger partial charge in [0.25, 0.3) is 5.91 Å². The molecule has 2 unspecified atom stereocenters. The molecular formula is C12H15N3O4. The number of imide groups is 1. The number of amides is 4. The highest BCUT2D eigenvalue weighted by Crippen LogP contribution is 2.40. The molecule has 102 valence electrons. The summed E-state index contributed by atoms with van der Waals surface area (Å²) in [5.74, 6) is -0.343. The zero-order valence-electron chi connectivity index (χ0n) is 10.6. The van der Waals surface area contributed by atoms with Crippen LogP contribution in [0.25, 0.3) is 0 Å². The Balaban J connectivity index is 1.73. The van der Waals surface area contributed by atoms with E-state index in [1.54, 1.807) is 6.20 Å². The summed E-state index contributed by atoms with van der Waals surface area (Å²) in [6.45, 7) is 2.39. The number of urea groups is 1. The maximum atomic E-state index is 11.9. The van der Waals surface area contributed by atoms with Crippen LogP contribution in [0, 0.1) is 0 Å². The van der Waals surface area contributed by atoms with Crippen molar-refractivity contribution in [3.63, 3.8) is 0 Å². The van der Waals surface area contributed by atoms with Crippen molar-refractivity contribution < 1.29 is 19.1 Å². The Kier molecular flexibility index (Phi) is 2.69. The third kappa shape index (κ3) is 1.68. The lowest BCUT2D eigenvalue weighted by Crippen LogP contribution is -2.48. The predicted octanol–water partition coefficient (Wildman–Crippen LogP) is 0.773. The number of hydrogen-bond acceptors (Lipinski definition) is 4. The molecule has 3 aliphatic rings. The summed E-state index contributed by atoms with van der Waals surface area (Å²) in [4.78, 5) is 38.0. The van der Waals surface area contributed by atoms with Gasteiger partial charge in [0.05, 0.1) is 12.6 Å². The van der Waals surface area contributed by atoms with E-state index in [9.17, 15) is 14.4 Å². The minimum atomic E-state index is -0.591. The van der Waals surface area contributed by atoms with Crippen LogP contribution < -0.4 is 5.32 Å². The van der Waals surface area contributed by atoms with Crippen molar-refractivity contribution in [1.82, 2.24) is 15.1 Å². The summed E-state index contributed by atoms with van der Waals surface area (Å²) >= 11 is 0. The zero-order valence-corrected chi connectivity index (χ0v) is 10.6. The fourth-order valence-electron chi connectivity index (χ4n) is 2.75. The third-order valence-electron chi connectivity index (χ3n) is 3.67. The van der Waals surface area contributed by atoms with Gasteiger partial charge >= 0.3 is 12.1 Å². The highest BCUT2D eigenvalue weighted by molar-refractivity contribution is 6.06. The summed E-state index contributed by atoms with van der Waals surface area (Å²) in [6.07, 6.45) is 3.46. The molecular weight excluding hydrogens is 250 g/mol. The van der Waals surface area contributed by atoms with Gasteiger partial charge in [0.2, 0.25) is 0 Å². The van der Waals surface area contributed by atoms with Gasteiger partial charge < -0.3 is 4.74 Å². The molecule has 3 aliphatic heterocycles. The highest BCUT2D eigenvalue weighted by Gasteiger charge is 2.56. The van der Waals surface area contributed by atoms with Crippen LogP contribution in [0.4, 0.5) is 9.59 Å². The van der Waals surface area contributed by atoms with E-state index in [0.29, 0.717) is 18.7 Å². The molecule has 0 aromatic rings. The van der Waals surface area contributed by atoms with Crippen LogP contribution in [-0.2, 0) is 9.53 Å². The first-order chi connectivity index (χ1) is 9.13. The molecule has 3 rings (SSSR count). The van der Waals surface area contributed by atoms with E-state index >= 15 is 0 Å². The third-order valence-corrected chi connectivity index (χ3v) is 3.67. The summed E-state index contributed by atoms with van der Waals surface area (Å²) in [6, 6.07) is -1.32. The molecule has 0 saturated carbocycles. The number of unbranched alkanes of at least 4 members (excludes halogenated alkanes) is 1. The van der Waals surface area contributed by atoms with Crippen LogP contribution in [0.1, 0.15) is 26.2 Å². The number of nitrogens with one attached hydrogen (secondary N) is 1. The second-order valence-electron chi connectivity index (χ2n) is 4.88. The summed E-state index contributed by atoms with van der Waals surface area (Å²) in [7, 11) is 0. The van der Waals surface area contributed by atoms with E-state index < -0.39 is 18.2 Å². The molecule has 0 aliphatic carbocycles. The maximum absolute atomic E-state index is 11.9.